The molecule has 0 aliphatic heterocycles. The van der Waals surface area contributed by atoms with Gasteiger partial charge < -0.3 is 30.6 Å². The molecule has 0 radical (unpaired) electrons. The van der Waals surface area contributed by atoms with E-state index in [0.29, 0.717) is 6.42 Å². The highest BCUT2D eigenvalue weighted by molar-refractivity contribution is 4.34. The van der Waals surface area contributed by atoms with Crippen molar-refractivity contribution in [2.45, 2.75) is 32.3 Å². The zero-order valence-corrected chi connectivity index (χ0v) is 9.92. The summed E-state index contributed by atoms with van der Waals surface area (Å²) in [4.78, 5) is 0. The van der Waals surface area contributed by atoms with Gasteiger partial charge in [-0.3, -0.25) is 0 Å². The molecule has 1 atom stereocenters. The third-order valence-electron chi connectivity index (χ3n) is 1.15. The summed E-state index contributed by atoms with van der Waals surface area (Å²) in [6.45, 7) is 1.97. The van der Waals surface area contributed by atoms with Gasteiger partial charge in [0.1, 0.15) is 0 Å². The molecule has 0 aromatic rings. The van der Waals surface area contributed by atoms with E-state index in [2.05, 4.69) is 0 Å². The molecule has 102 valence electrons. The van der Waals surface area contributed by atoms with Crippen molar-refractivity contribution in [3.63, 3.8) is 0 Å². The monoisotopic (exact) mass is 242 g/mol. The predicted molar refractivity (Wildman–Crippen MR) is 61.0 cm³/mol. The van der Waals surface area contributed by atoms with E-state index in [4.69, 9.17) is 30.6 Å². The maximum absolute atomic E-state index is 8.11. The van der Waals surface area contributed by atoms with Crippen LogP contribution in [0, 0.1) is 0 Å². The lowest BCUT2D eigenvalue weighted by molar-refractivity contribution is 0.110. The highest BCUT2D eigenvalue weighted by Gasteiger charge is 1.83. The van der Waals surface area contributed by atoms with Crippen LogP contribution in [0.15, 0.2) is 0 Å². The molecule has 0 amide bonds. The first-order chi connectivity index (χ1) is 7.60. The van der Waals surface area contributed by atoms with Gasteiger partial charge in [-0.15, -0.1) is 0 Å². The molecule has 0 aliphatic carbocycles. The normalized spacial score (nSPS) is 10.7. The first-order valence-electron chi connectivity index (χ1n) is 5.32. The second-order valence-corrected chi connectivity index (χ2v) is 2.99. The molecule has 0 saturated carbocycles. The molecular weight excluding hydrogens is 216 g/mol. The molecular formula is C10H26O6. The van der Waals surface area contributed by atoms with Crippen LogP contribution in [0.3, 0.4) is 0 Å². The minimum absolute atomic E-state index is 0.0938. The van der Waals surface area contributed by atoms with Gasteiger partial charge in [0, 0.05) is 26.4 Å². The van der Waals surface area contributed by atoms with E-state index >= 15 is 0 Å². The molecule has 16 heavy (non-hydrogen) atoms. The molecule has 0 spiro atoms. The molecule has 6 heteroatoms. The fourth-order valence-electron chi connectivity index (χ4n) is 0.294. The van der Waals surface area contributed by atoms with Crippen LogP contribution in [0.25, 0.3) is 0 Å². The van der Waals surface area contributed by atoms with E-state index in [0.717, 1.165) is 12.8 Å². The predicted octanol–water partition coefficient (Wildman–Crippen LogP) is -1.53. The molecule has 0 heterocycles. The van der Waals surface area contributed by atoms with Gasteiger partial charge >= 0.3 is 0 Å². The average molecular weight is 242 g/mol. The van der Waals surface area contributed by atoms with E-state index < -0.39 is 6.10 Å². The van der Waals surface area contributed by atoms with Gasteiger partial charge in [0.25, 0.3) is 0 Å². The lowest BCUT2D eigenvalue weighted by Crippen LogP contribution is -2.03. The van der Waals surface area contributed by atoms with Gasteiger partial charge in [0.05, 0.1) is 12.7 Å². The Kier molecular flexibility index (Phi) is 31.8. The van der Waals surface area contributed by atoms with Crippen LogP contribution < -0.4 is 0 Å². The second kappa shape index (κ2) is 24.1. The van der Waals surface area contributed by atoms with Gasteiger partial charge in [-0.05, 0) is 26.2 Å². The molecule has 0 fully saturated rings. The Morgan fingerprint density at radius 1 is 0.688 bits per heavy atom. The largest absolute Gasteiger partial charge is 0.396 e. The summed E-state index contributed by atoms with van der Waals surface area (Å²) in [5, 5.41) is 48.0. The summed E-state index contributed by atoms with van der Waals surface area (Å²) >= 11 is 0. The zero-order valence-electron chi connectivity index (χ0n) is 9.92. The van der Waals surface area contributed by atoms with Gasteiger partial charge in [-0.2, -0.15) is 0 Å². The highest BCUT2D eigenvalue weighted by atomic mass is 16.3. The first kappa shape index (κ1) is 21.1. The molecule has 0 rings (SSSR count). The Morgan fingerprint density at radius 3 is 1.00 bits per heavy atom. The van der Waals surface area contributed by atoms with Gasteiger partial charge in [-0.25, -0.2) is 0 Å². The van der Waals surface area contributed by atoms with E-state index in [1.807, 2.05) is 0 Å². The van der Waals surface area contributed by atoms with Gasteiger partial charge in [0.15, 0.2) is 0 Å². The van der Waals surface area contributed by atoms with Crippen molar-refractivity contribution in [1.29, 1.82) is 0 Å². The fourth-order valence-corrected chi connectivity index (χ4v) is 0.294. The smallest absolute Gasteiger partial charge is 0.0742 e. The van der Waals surface area contributed by atoms with Crippen LogP contribution in [0.4, 0.5) is 0 Å². The van der Waals surface area contributed by atoms with E-state index in [1.54, 1.807) is 0 Å². The van der Waals surface area contributed by atoms with Crippen LogP contribution in [0.1, 0.15) is 26.2 Å². The lowest BCUT2D eigenvalue weighted by atomic mass is 10.3. The average Bonchev–Trinajstić information content (AvgIpc) is 2.29. The van der Waals surface area contributed by atoms with Gasteiger partial charge in [0.2, 0.25) is 0 Å². The summed E-state index contributed by atoms with van der Waals surface area (Å²) in [5.41, 5.74) is 0. The molecule has 0 saturated heterocycles. The van der Waals surface area contributed by atoms with Crippen molar-refractivity contribution in [2.75, 3.05) is 33.0 Å². The Hall–Kier alpha value is -0.240. The van der Waals surface area contributed by atoms with Crippen molar-refractivity contribution in [2.24, 2.45) is 0 Å². The highest BCUT2D eigenvalue weighted by Crippen LogP contribution is 1.80. The van der Waals surface area contributed by atoms with Crippen LogP contribution in [-0.4, -0.2) is 69.8 Å². The molecule has 1 unspecified atom stereocenters. The van der Waals surface area contributed by atoms with E-state index in [1.165, 1.54) is 6.92 Å². The standard InChI is InChI=1S/C4H10O2.2C3H8O2/c5-3-1-2-4-6;1-3(5)2-4;4-2-1-3-5/h5-6H,1-4H2;3-5H,2H2,1H3;4-5H,1-3H2. The summed E-state index contributed by atoms with van der Waals surface area (Å²) < 4.78 is 0. The molecule has 0 bridgehead atoms. The van der Waals surface area contributed by atoms with Crippen molar-refractivity contribution in [3.05, 3.63) is 0 Å². The maximum Gasteiger partial charge on any atom is 0.0742 e. The second-order valence-electron chi connectivity index (χ2n) is 2.99. The molecule has 0 aromatic carbocycles. The molecule has 0 aliphatic rings. The summed E-state index contributed by atoms with van der Waals surface area (Å²) in [6, 6.07) is 0. The summed E-state index contributed by atoms with van der Waals surface area (Å²) in [5.74, 6) is 0. The van der Waals surface area contributed by atoms with Crippen molar-refractivity contribution in [1.82, 2.24) is 0 Å². The van der Waals surface area contributed by atoms with Crippen LogP contribution in [0.2, 0.25) is 0 Å². The SMILES string of the molecule is CC(O)CO.OCCCCO.OCCCO. The number of hydrogen-bond donors (Lipinski definition) is 6. The van der Waals surface area contributed by atoms with Gasteiger partial charge in [-0.1, -0.05) is 0 Å². The first-order valence-corrected chi connectivity index (χ1v) is 5.32. The van der Waals surface area contributed by atoms with Crippen molar-refractivity contribution in [3.8, 4) is 0 Å². The minimum Gasteiger partial charge on any atom is -0.396 e. The fraction of sp³-hybridized carbons (Fsp3) is 1.00. The maximum atomic E-state index is 8.11. The number of aliphatic hydroxyl groups is 6. The van der Waals surface area contributed by atoms with E-state index in [9.17, 15) is 0 Å². The number of aliphatic hydroxyl groups excluding tert-OH is 6. The quantitative estimate of drug-likeness (QED) is 0.314. The van der Waals surface area contributed by atoms with E-state index in [-0.39, 0.29) is 33.0 Å². The molecule has 0 aromatic heterocycles. The minimum atomic E-state index is -0.560. The Labute approximate surface area is 96.8 Å². The Balaban J connectivity index is -0.000000160. The summed E-state index contributed by atoms with van der Waals surface area (Å²) in [6.07, 6.45) is 1.38. The number of rotatable bonds is 6. The Bertz CT molecular complexity index is 83.4. The number of hydrogen-bond acceptors (Lipinski definition) is 6. The molecule has 6 nitrogen and oxygen atoms in total. The van der Waals surface area contributed by atoms with Crippen LogP contribution in [-0.2, 0) is 0 Å². The zero-order chi connectivity index (χ0) is 13.2. The van der Waals surface area contributed by atoms with Crippen molar-refractivity contribution >= 4 is 0 Å². The van der Waals surface area contributed by atoms with Crippen LogP contribution in [0.5, 0.6) is 0 Å². The summed E-state index contributed by atoms with van der Waals surface area (Å²) in [7, 11) is 0. The third-order valence-corrected chi connectivity index (χ3v) is 1.15. The third kappa shape index (κ3) is 49.0. The van der Waals surface area contributed by atoms with Crippen molar-refractivity contribution < 1.29 is 30.6 Å². The number of unbranched alkanes of at least 4 members (excludes halogenated alkanes) is 1. The van der Waals surface area contributed by atoms with Crippen LogP contribution >= 0.6 is 0 Å². The lowest BCUT2D eigenvalue weighted by Gasteiger charge is -1.90. The Morgan fingerprint density at radius 2 is 0.938 bits per heavy atom. The molecule has 6 N–H and O–H groups in total. The topological polar surface area (TPSA) is 121 Å².